The molecule has 0 unspecified atom stereocenters. The SMILES string of the molecule is Cc1ccc([C@H](CCC(=O)O)N2CCN(C(=O)c3cccc(C)c3)CC2)cc1. The van der Waals surface area contributed by atoms with Gasteiger partial charge in [-0.25, -0.2) is 0 Å². The third-order valence-corrected chi connectivity index (χ3v) is 5.40. The fraction of sp³-hybridized carbons (Fsp3) is 0.391. The van der Waals surface area contributed by atoms with E-state index in [1.807, 2.05) is 43.0 Å². The first kappa shape index (κ1) is 20.1. The molecule has 1 fully saturated rings. The quantitative estimate of drug-likeness (QED) is 0.831. The van der Waals surface area contributed by atoms with Crippen molar-refractivity contribution in [2.45, 2.75) is 32.7 Å². The maximum Gasteiger partial charge on any atom is 0.303 e. The predicted octanol–water partition coefficient (Wildman–Crippen LogP) is 3.67. The lowest BCUT2D eigenvalue weighted by atomic mass is 9.98. The van der Waals surface area contributed by atoms with Gasteiger partial charge in [0.25, 0.3) is 5.91 Å². The van der Waals surface area contributed by atoms with Gasteiger partial charge in [-0.1, -0.05) is 47.5 Å². The molecule has 0 saturated carbocycles. The van der Waals surface area contributed by atoms with E-state index in [9.17, 15) is 9.59 Å². The largest absolute Gasteiger partial charge is 0.481 e. The average molecular weight is 380 g/mol. The van der Waals surface area contributed by atoms with Gasteiger partial charge in [0.15, 0.2) is 0 Å². The Balaban J connectivity index is 1.68. The van der Waals surface area contributed by atoms with Crippen LogP contribution in [0.1, 0.15) is 45.9 Å². The van der Waals surface area contributed by atoms with Gasteiger partial charge in [0.05, 0.1) is 0 Å². The highest BCUT2D eigenvalue weighted by Gasteiger charge is 2.28. The molecule has 1 saturated heterocycles. The zero-order chi connectivity index (χ0) is 20.1. The van der Waals surface area contributed by atoms with Gasteiger partial charge in [0.2, 0.25) is 0 Å². The number of hydrogen-bond donors (Lipinski definition) is 1. The van der Waals surface area contributed by atoms with E-state index in [0.717, 1.165) is 29.8 Å². The molecule has 0 spiro atoms. The van der Waals surface area contributed by atoms with E-state index in [1.54, 1.807) is 0 Å². The maximum absolute atomic E-state index is 12.8. The molecule has 2 aromatic carbocycles. The van der Waals surface area contributed by atoms with Gasteiger partial charge < -0.3 is 10.0 Å². The number of rotatable bonds is 6. The number of carboxylic acid groups (broad SMARTS) is 1. The van der Waals surface area contributed by atoms with E-state index in [2.05, 4.69) is 29.2 Å². The second kappa shape index (κ2) is 9.02. The Hall–Kier alpha value is -2.66. The zero-order valence-corrected chi connectivity index (χ0v) is 16.6. The number of benzene rings is 2. The minimum Gasteiger partial charge on any atom is -0.481 e. The molecule has 3 rings (SSSR count). The van der Waals surface area contributed by atoms with Crippen LogP contribution in [-0.2, 0) is 4.79 Å². The second-order valence-electron chi connectivity index (χ2n) is 7.56. The number of carboxylic acids is 1. The van der Waals surface area contributed by atoms with Crippen LogP contribution in [0.15, 0.2) is 48.5 Å². The monoisotopic (exact) mass is 380 g/mol. The average Bonchev–Trinajstić information content (AvgIpc) is 2.69. The predicted molar refractivity (Wildman–Crippen MR) is 109 cm³/mol. The van der Waals surface area contributed by atoms with Crippen molar-refractivity contribution in [2.24, 2.45) is 0 Å². The molecular formula is C23H28N2O3. The number of nitrogens with zero attached hydrogens (tertiary/aromatic N) is 2. The fourth-order valence-corrected chi connectivity index (χ4v) is 3.81. The van der Waals surface area contributed by atoms with Crippen molar-refractivity contribution in [3.8, 4) is 0 Å². The molecule has 0 bridgehead atoms. The van der Waals surface area contributed by atoms with Crippen molar-refractivity contribution < 1.29 is 14.7 Å². The first-order valence-electron chi connectivity index (χ1n) is 9.82. The van der Waals surface area contributed by atoms with E-state index in [0.29, 0.717) is 19.5 Å². The third kappa shape index (κ3) is 4.98. The molecular weight excluding hydrogens is 352 g/mol. The van der Waals surface area contributed by atoms with E-state index in [-0.39, 0.29) is 18.4 Å². The topological polar surface area (TPSA) is 60.9 Å². The molecule has 0 aliphatic carbocycles. The van der Waals surface area contributed by atoms with Crippen molar-refractivity contribution in [2.75, 3.05) is 26.2 Å². The van der Waals surface area contributed by atoms with Crippen LogP contribution in [-0.4, -0.2) is 53.0 Å². The molecule has 28 heavy (non-hydrogen) atoms. The number of piperazine rings is 1. The first-order chi connectivity index (χ1) is 13.4. The summed E-state index contributed by atoms with van der Waals surface area (Å²) in [5.74, 6) is -0.703. The van der Waals surface area contributed by atoms with Crippen LogP contribution in [0.3, 0.4) is 0 Å². The molecule has 0 radical (unpaired) electrons. The number of carbonyl (C=O) groups excluding carboxylic acids is 1. The summed E-state index contributed by atoms with van der Waals surface area (Å²) < 4.78 is 0. The van der Waals surface area contributed by atoms with E-state index in [4.69, 9.17) is 5.11 Å². The molecule has 1 N–H and O–H groups in total. The minimum atomic E-state index is -0.773. The Labute approximate surface area is 166 Å². The van der Waals surface area contributed by atoms with E-state index >= 15 is 0 Å². The smallest absolute Gasteiger partial charge is 0.303 e. The molecule has 1 amide bonds. The molecule has 1 atom stereocenters. The van der Waals surface area contributed by atoms with E-state index < -0.39 is 5.97 Å². The van der Waals surface area contributed by atoms with Gasteiger partial charge >= 0.3 is 5.97 Å². The van der Waals surface area contributed by atoms with Crippen LogP contribution in [0.2, 0.25) is 0 Å². The van der Waals surface area contributed by atoms with Crippen LogP contribution >= 0.6 is 0 Å². The number of carbonyl (C=O) groups is 2. The summed E-state index contributed by atoms with van der Waals surface area (Å²) in [5.41, 5.74) is 4.15. The summed E-state index contributed by atoms with van der Waals surface area (Å²) in [6.45, 7) is 6.84. The first-order valence-corrected chi connectivity index (χ1v) is 9.82. The number of amides is 1. The van der Waals surface area contributed by atoms with Crippen molar-refractivity contribution in [3.63, 3.8) is 0 Å². The fourth-order valence-electron chi connectivity index (χ4n) is 3.81. The van der Waals surface area contributed by atoms with Gasteiger partial charge in [-0.05, 0) is 38.0 Å². The zero-order valence-electron chi connectivity index (χ0n) is 16.6. The maximum atomic E-state index is 12.8. The highest BCUT2D eigenvalue weighted by molar-refractivity contribution is 5.94. The summed E-state index contributed by atoms with van der Waals surface area (Å²) in [6.07, 6.45) is 0.713. The van der Waals surface area contributed by atoms with Gasteiger partial charge in [-0.3, -0.25) is 14.5 Å². The van der Waals surface area contributed by atoms with Crippen LogP contribution in [0, 0.1) is 13.8 Å². The Morgan fingerprint density at radius 2 is 1.64 bits per heavy atom. The lowest BCUT2D eigenvalue weighted by Gasteiger charge is -2.39. The van der Waals surface area contributed by atoms with Crippen LogP contribution < -0.4 is 0 Å². The van der Waals surface area contributed by atoms with Crippen LogP contribution in [0.4, 0.5) is 0 Å². The summed E-state index contributed by atoms with van der Waals surface area (Å²) in [5, 5.41) is 9.14. The normalized spacial score (nSPS) is 16.0. The molecule has 0 aromatic heterocycles. The van der Waals surface area contributed by atoms with Crippen LogP contribution in [0.5, 0.6) is 0 Å². The summed E-state index contributed by atoms with van der Waals surface area (Å²) in [4.78, 5) is 28.1. The molecule has 1 heterocycles. The van der Waals surface area contributed by atoms with Crippen molar-refractivity contribution in [1.82, 2.24) is 9.80 Å². The Morgan fingerprint density at radius 3 is 2.25 bits per heavy atom. The summed E-state index contributed by atoms with van der Waals surface area (Å²) >= 11 is 0. The van der Waals surface area contributed by atoms with Gasteiger partial charge in [-0.2, -0.15) is 0 Å². The molecule has 5 heteroatoms. The minimum absolute atomic E-state index is 0.0629. The second-order valence-corrected chi connectivity index (χ2v) is 7.56. The number of aryl methyl sites for hydroxylation is 2. The van der Waals surface area contributed by atoms with Crippen molar-refractivity contribution in [3.05, 3.63) is 70.8 Å². The molecule has 1 aliphatic rings. The number of aliphatic carboxylic acids is 1. The van der Waals surface area contributed by atoms with Gasteiger partial charge in [-0.15, -0.1) is 0 Å². The molecule has 1 aliphatic heterocycles. The Kier molecular flexibility index (Phi) is 6.47. The van der Waals surface area contributed by atoms with E-state index in [1.165, 1.54) is 5.56 Å². The number of hydrogen-bond acceptors (Lipinski definition) is 3. The standard InChI is InChI=1S/C23H28N2O3/c1-17-6-8-19(9-7-17)21(10-11-22(26)27)24-12-14-25(15-13-24)23(28)20-5-3-4-18(2)16-20/h3-9,16,21H,10-15H2,1-2H3,(H,26,27)/t21-/m0/s1. The van der Waals surface area contributed by atoms with Crippen molar-refractivity contribution in [1.29, 1.82) is 0 Å². The highest BCUT2D eigenvalue weighted by atomic mass is 16.4. The highest BCUT2D eigenvalue weighted by Crippen LogP contribution is 2.27. The Morgan fingerprint density at radius 1 is 0.964 bits per heavy atom. The lowest BCUT2D eigenvalue weighted by Crippen LogP contribution is -2.49. The van der Waals surface area contributed by atoms with Gasteiger partial charge in [0, 0.05) is 44.2 Å². The lowest BCUT2D eigenvalue weighted by molar-refractivity contribution is -0.137. The third-order valence-electron chi connectivity index (χ3n) is 5.40. The molecule has 148 valence electrons. The van der Waals surface area contributed by atoms with Crippen molar-refractivity contribution >= 4 is 11.9 Å². The Bertz CT molecular complexity index is 824. The van der Waals surface area contributed by atoms with Gasteiger partial charge in [0.1, 0.15) is 0 Å². The van der Waals surface area contributed by atoms with Crippen LogP contribution in [0.25, 0.3) is 0 Å². The molecule has 2 aromatic rings. The summed E-state index contributed by atoms with van der Waals surface area (Å²) in [6, 6.07) is 16.1. The summed E-state index contributed by atoms with van der Waals surface area (Å²) in [7, 11) is 0. The molecule has 5 nitrogen and oxygen atoms in total.